The van der Waals surface area contributed by atoms with E-state index in [4.69, 9.17) is 4.74 Å². The molecule has 0 radical (unpaired) electrons. The van der Waals surface area contributed by atoms with Gasteiger partial charge in [-0.25, -0.2) is 4.99 Å². The predicted octanol–water partition coefficient (Wildman–Crippen LogP) is 5.05. The molecule has 24 heavy (non-hydrogen) atoms. The van der Waals surface area contributed by atoms with Gasteiger partial charge in [0.1, 0.15) is 5.75 Å². The predicted molar refractivity (Wildman–Crippen MR) is 96.2 cm³/mol. The summed E-state index contributed by atoms with van der Waals surface area (Å²) >= 11 is 0. The van der Waals surface area contributed by atoms with Crippen LogP contribution in [0.5, 0.6) is 5.75 Å². The van der Waals surface area contributed by atoms with E-state index in [0.29, 0.717) is 17.2 Å². The number of carbonyl (C=O) groups excluding carboxylic acids is 1. The van der Waals surface area contributed by atoms with Crippen LogP contribution in [0.2, 0.25) is 0 Å². The van der Waals surface area contributed by atoms with Crippen LogP contribution in [0.1, 0.15) is 22.8 Å². The van der Waals surface area contributed by atoms with E-state index >= 15 is 0 Å². The van der Waals surface area contributed by atoms with Crippen LogP contribution in [0.3, 0.4) is 0 Å². The molecule has 3 aromatic carbocycles. The van der Waals surface area contributed by atoms with E-state index in [1.807, 2.05) is 72.8 Å². The lowest BCUT2D eigenvalue weighted by atomic mass is 10.1. The lowest BCUT2D eigenvalue weighted by Gasteiger charge is -2.12. The zero-order valence-electron chi connectivity index (χ0n) is 13.3. The molecule has 0 aliphatic rings. The number of para-hydroxylation sites is 2. The first-order valence-electron chi connectivity index (χ1n) is 7.71. The van der Waals surface area contributed by atoms with Crippen molar-refractivity contribution in [2.75, 3.05) is 0 Å². The molecular weight excluding hydrogens is 298 g/mol. The maximum atomic E-state index is 11.8. The molecule has 0 unspecified atom stereocenters. The number of benzene rings is 3. The van der Waals surface area contributed by atoms with Gasteiger partial charge in [0.15, 0.2) is 5.78 Å². The number of hydrogen-bond donors (Lipinski definition) is 0. The standard InChI is InChI=1S/C21H17NO2/c1-16(23)19-14-8-9-15-20(19)24-21(17-10-4-2-5-11-17)22-18-12-6-3-7-13-18/h2-15H,1H3. The highest BCUT2D eigenvalue weighted by Gasteiger charge is 2.12. The Balaban J connectivity index is 2.04. The van der Waals surface area contributed by atoms with Gasteiger partial charge in [-0.1, -0.05) is 48.5 Å². The minimum absolute atomic E-state index is 0.0438. The van der Waals surface area contributed by atoms with E-state index in [9.17, 15) is 4.79 Å². The summed E-state index contributed by atoms with van der Waals surface area (Å²) < 4.78 is 6.03. The Bertz CT molecular complexity index is 855. The van der Waals surface area contributed by atoms with Crippen LogP contribution in [0, 0.1) is 0 Å². The number of carbonyl (C=O) groups is 1. The molecule has 3 rings (SSSR count). The average molecular weight is 315 g/mol. The second-order valence-electron chi connectivity index (χ2n) is 5.27. The van der Waals surface area contributed by atoms with Gasteiger partial charge in [0.2, 0.25) is 5.90 Å². The summed E-state index contributed by atoms with van der Waals surface area (Å²) in [6, 6.07) is 26.4. The number of hydrogen-bond acceptors (Lipinski definition) is 3. The molecule has 0 bridgehead atoms. The van der Waals surface area contributed by atoms with Gasteiger partial charge in [-0.05, 0) is 43.3 Å². The summed E-state index contributed by atoms with van der Waals surface area (Å²) in [5.41, 5.74) is 2.17. The molecule has 0 amide bonds. The monoisotopic (exact) mass is 315 g/mol. The Morgan fingerprint density at radius 2 is 1.38 bits per heavy atom. The van der Waals surface area contributed by atoms with E-state index < -0.39 is 0 Å². The lowest BCUT2D eigenvalue weighted by molar-refractivity contribution is 0.101. The molecule has 0 N–H and O–H groups in total. The van der Waals surface area contributed by atoms with Gasteiger partial charge in [-0.3, -0.25) is 4.79 Å². The second kappa shape index (κ2) is 7.38. The number of rotatable bonds is 4. The van der Waals surface area contributed by atoms with E-state index in [0.717, 1.165) is 11.3 Å². The number of nitrogens with zero attached hydrogens (tertiary/aromatic N) is 1. The van der Waals surface area contributed by atoms with Crippen molar-refractivity contribution in [3.63, 3.8) is 0 Å². The summed E-state index contributed by atoms with van der Waals surface area (Å²) in [5.74, 6) is 0.914. The van der Waals surface area contributed by atoms with Gasteiger partial charge in [0.25, 0.3) is 0 Å². The van der Waals surface area contributed by atoms with Crippen molar-refractivity contribution in [3.05, 3.63) is 96.1 Å². The molecule has 3 nitrogen and oxygen atoms in total. The Morgan fingerprint density at radius 3 is 2.04 bits per heavy atom. The van der Waals surface area contributed by atoms with Crippen LogP contribution < -0.4 is 4.74 Å². The van der Waals surface area contributed by atoms with Crippen LogP contribution in [0.25, 0.3) is 0 Å². The fraction of sp³-hybridized carbons (Fsp3) is 0.0476. The first-order chi connectivity index (χ1) is 11.7. The summed E-state index contributed by atoms with van der Waals surface area (Å²) in [7, 11) is 0. The Labute approximate surface area is 141 Å². The number of ether oxygens (including phenoxy) is 1. The van der Waals surface area contributed by atoms with E-state index in [1.54, 1.807) is 12.1 Å². The highest BCUT2D eigenvalue weighted by atomic mass is 16.5. The summed E-state index contributed by atoms with van der Waals surface area (Å²) in [6.45, 7) is 1.53. The van der Waals surface area contributed by atoms with Gasteiger partial charge in [-0.15, -0.1) is 0 Å². The molecule has 3 aromatic rings. The van der Waals surface area contributed by atoms with Crippen LogP contribution in [-0.2, 0) is 0 Å². The van der Waals surface area contributed by atoms with Crippen molar-refractivity contribution < 1.29 is 9.53 Å². The summed E-state index contributed by atoms with van der Waals surface area (Å²) in [5, 5.41) is 0. The first-order valence-corrected chi connectivity index (χ1v) is 7.71. The minimum Gasteiger partial charge on any atom is -0.438 e. The molecular formula is C21H17NO2. The van der Waals surface area contributed by atoms with Crippen molar-refractivity contribution in [2.24, 2.45) is 4.99 Å². The van der Waals surface area contributed by atoms with E-state index in [-0.39, 0.29) is 5.78 Å². The average Bonchev–Trinajstić information content (AvgIpc) is 2.63. The molecule has 0 aliphatic heterocycles. The Kier molecular flexibility index (Phi) is 4.82. The third-order valence-electron chi connectivity index (χ3n) is 3.48. The number of ketones is 1. The van der Waals surface area contributed by atoms with Crippen LogP contribution >= 0.6 is 0 Å². The van der Waals surface area contributed by atoms with Gasteiger partial charge in [0, 0.05) is 5.56 Å². The number of aliphatic imine (C=N–C) groups is 1. The van der Waals surface area contributed by atoms with Crippen molar-refractivity contribution in [1.29, 1.82) is 0 Å². The largest absolute Gasteiger partial charge is 0.438 e. The number of Topliss-reactive ketones (excluding diaryl/α,β-unsaturated/α-hetero) is 1. The van der Waals surface area contributed by atoms with Crippen LogP contribution in [0.15, 0.2) is 89.9 Å². The molecule has 0 fully saturated rings. The fourth-order valence-corrected chi connectivity index (χ4v) is 2.30. The molecule has 0 atom stereocenters. The Morgan fingerprint density at radius 1 is 0.792 bits per heavy atom. The topological polar surface area (TPSA) is 38.7 Å². The van der Waals surface area contributed by atoms with Crippen LogP contribution in [0.4, 0.5) is 5.69 Å². The summed E-state index contributed by atoms with van der Waals surface area (Å²) in [4.78, 5) is 16.4. The maximum absolute atomic E-state index is 11.8. The molecule has 118 valence electrons. The normalized spacial score (nSPS) is 11.1. The van der Waals surface area contributed by atoms with Crippen molar-refractivity contribution in [3.8, 4) is 5.75 Å². The lowest BCUT2D eigenvalue weighted by Crippen LogP contribution is -2.12. The fourth-order valence-electron chi connectivity index (χ4n) is 2.30. The first kappa shape index (κ1) is 15.7. The third kappa shape index (κ3) is 3.76. The summed E-state index contributed by atoms with van der Waals surface area (Å²) in [6.07, 6.45) is 0. The van der Waals surface area contributed by atoms with Crippen molar-refractivity contribution in [2.45, 2.75) is 6.92 Å². The van der Waals surface area contributed by atoms with Gasteiger partial charge in [-0.2, -0.15) is 0 Å². The zero-order chi connectivity index (χ0) is 16.8. The van der Waals surface area contributed by atoms with Gasteiger partial charge in [0.05, 0.1) is 11.3 Å². The molecule has 0 saturated heterocycles. The molecule has 0 heterocycles. The molecule has 0 aliphatic carbocycles. The highest BCUT2D eigenvalue weighted by Crippen LogP contribution is 2.22. The van der Waals surface area contributed by atoms with Crippen molar-refractivity contribution >= 4 is 17.4 Å². The minimum atomic E-state index is -0.0438. The second-order valence-corrected chi connectivity index (χ2v) is 5.27. The van der Waals surface area contributed by atoms with E-state index in [1.165, 1.54) is 6.92 Å². The van der Waals surface area contributed by atoms with Gasteiger partial charge < -0.3 is 4.74 Å². The Hall–Kier alpha value is -3.20. The van der Waals surface area contributed by atoms with Crippen LogP contribution in [-0.4, -0.2) is 11.7 Å². The SMILES string of the molecule is CC(=O)c1ccccc1OC(=Nc1ccccc1)c1ccccc1. The molecule has 3 heteroatoms. The maximum Gasteiger partial charge on any atom is 0.227 e. The molecule has 0 spiro atoms. The third-order valence-corrected chi connectivity index (χ3v) is 3.48. The zero-order valence-corrected chi connectivity index (χ0v) is 13.3. The molecule has 0 aromatic heterocycles. The molecule has 0 saturated carbocycles. The smallest absolute Gasteiger partial charge is 0.227 e. The highest BCUT2D eigenvalue weighted by molar-refractivity contribution is 6.01. The van der Waals surface area contributed by atoms with E-state index in [2.05, 4.69) is 4.99 Å². The quantitative estimate of drug-likeness (QED) is 0.384. The van der Waals surface area contributed by atoms with Gasteiger partial charge >= 0.3 is 0 Å². The van der Waals surface area contributed by atoms with Crippen molar-refractivity contribution in [1.82, 2.24) is 0 Å².